The number of carbonyl (C=O) groups is 1. The predicted octanol–water partition coefficient (Wildman–Crippen LogP) is 4.98. The molecule has 0 bridgehead atoms. The molecule has 0 saturated carbocycles. The van der Waals surface area contributed by atoms with Gasteiger partial charge in [0, 0.05) is 49.0 Å². The normalized spacial score (nSPS) is 13.8. The zero-order chi connectivity index (χ0) is 25.6. The lowest BCUT2D eigenvalue weighted by Crippen LogP contribution is -2.35. The van der Waals surface area contributed by atoms with Crippen LogP contribution in [-0.4, -0.2) is 52.1 Å². The van der Waals surface area contributed by atoms with E-state index in [0.717, 1.165) is 66.7 Å². The molecule has 1 amide bonds. The first-order valence-electron chi connectivity index (χ1n) is 12.4. The van der Waals surface area contributed by atoms with Crippen molar-refractivity contribution in [3.63, 3.8) is 0 Å². The van der Waals surface area contributed by atoms with Crippen molar-refractivity contribution in [2.24, 2.45) is 0 Å². The molecule has 1 aliphatic rings. The van der Waals surface area contributed by atoms with Gasteiger partial charge in [-0.05, 0) is 73.0 Å². The van der Waals surface area contributed by atoms with Crippen LogP contribution in [0.15, 0.2) is 73.1 Å². The van der Waals surface area contributed by atoms with E-state index in [9.17, 15) is 4.79 Å². The van der Waals surface area contributed by atoms with Gasteiger partial charge in [0.2, 0.25) is 5.95 Å². The van der Waals surface area contributed by atoms with Crippen molar-refractivity contribution >= 4 is 23.2 Å². The Balaban J connectivity index is 1.25. The van der Waals surface area contributed by atoms with Gasteiger partial charge in [-0.2, -0.15) is 0 Å². The van der Waals surface area contributed by atoms with Crippen molar-refractivity contribution in [2.75, 3.05) is 36.9 Å². The minimum Gasteiger partial charge on any atom is -0.379 e. The number of aryl methyl sites for hydroxylation is 2. The number of pyridine rings is 1. The average Bonchev–Trinajstić information content (AvgIpc) is 2.93. The molecule has 8 nitrogen and oxygen atoms in total. The summed E-state index contributed by atoms with van der Waals surface area (Å²) in [5.41, 5.74) is 6.90. The number of amides is 1. The van der Waals surface area contributed by atoms with Crippen LogP contribution in [0, 0.1) is 13.8 Å². The number of morpholine rings is 1. The quantitative estimate of drug-likeness (QED) is 0.374. The number of ether oxygens (including phenoxy) is 1. The topological polar surface area (TPSA) is 92.3 Å². The molecular weight excluding hydrogens is 464 g/mol. The third-order valence-corrected chi connectivity index (χ3v) is 6.34. The Bertz CT molecular complexity index is 1370. The van der Waals surface area contributed by atoms with Gasteiger partial charge in [-0.1, -0.05) is 18.2 Å². The summed E-state index contributed by atoms with van der Waals surface area (Å²) in [6, 6.07) is 19.2. The first-order valence-corrected chi connectivity index (χ1v) is 12.4. The Kier molecular flexibility index (Phi) is 7.49. The highest BCUT2D eigenvalue weighted by atomic mass is 16.5. The summed E-state index contributed by atoms with van der Waals surface area (Å²) in [5.74, 6) is 0.318. The first kappa shape index (κ1) is 24.5. The molecule has 4 aromatic rings. The van der Waals surface area contributed by atoms with E-state index in [2.05, 4.69) is 48.7 Å². The molecule has 37 heavy (non-hydrogen) atoms. The Morgan fingerprint density at radius 3 is 2.54 bits per heavy atom. The summed E-state index contributed by atoms with van der Waals surface area (Å²) in [6.45, 7) is 8.19. The van der Waals surface area contributed by atoms with Gasteiger partial charge in [0.05, 0.1) is 24.6 Å². The summed E-state index contributed by atoms with van der Waals surface area (Å²) < 4.78 is 5.44. The number of hydrogen-bond acceptors (Lipinski definition) is 7. The fourth-order valence-corrected chi connectivity index (χ4v) is 4.21. The highest BCUT2D eigenvalue weighted by molar-refractivity contribution is 6.04. The summed E-state index contributed by atoms with van der Waals surface area (Å²) in [5, 5.41) is 6.29. The van der Waals surface area contributed by atoms with Crippen molar-refractivity contribution < 1.29 is 9.53 Å². The van der Waals surface area contributed by atoms with E-state index in [1.807, 2.05) is 44.2 Å². The van der Waals surface area contributed by atoms with E-state index in [4.69, 9.17) is 4.74 Å². The molecule has 8 heteroatoms. The minimum absolute atomic E-state index is 0.151. The van der Waals surface area contributed by atoms with Crippen LogP contribution in [0.25, 0.3) is 11.4 Å². The molecule has 0 aliphatic carbocycles. The molecule has 1 saturated heterocycles. The minimum atomic E-state index is -0.151. The molecule has 2 aromatic heterocycles. The second kappa shape index (κ2) is 11.3. The molecule has 188 valence electrons. The number of hydrogen-bond donors (Lipinski definition) is 2. The third kappa shape index (κ3) is 6.17. The van der Waals surface area contributed by atoms with Crippen LogP contribution < -0.4 is 10.6 Å². The van der Waals surface area contributed by atoms with Crippen molar-refractivity contribution in [3.8, 4) is 11.4 Å². The van der Waals surface area contributed by atoms with Crippen molar-refractivity contribution in [2.45, 2.75) is 20.4 Å². The second-order valence-corrected chi connectivity index (χ2v) is 9.13. The Morgan fingerprint density at radius 1 is 0.973 bits per heavy atom. The zero-order valence-corrected chi connectivity index (χ0v) is 21.1. The maximum atomic E-state index is 13.0. The maximum absolute atomic E-state index is 13.0. The smallest absolute Gasteiger partial charge is 0.255 e. The molecule has 1 aliphatic heterocycles. The maximum Gasteiger partial charge on any atom is 0.255 e. The van der Waals surface area contributed by atoms with Crippen LogP contribution in [0.1, 0.15) is 27.0 Å². The van der Waals surface area contributed by atoms with Crippen LogP contribution in [0.5, 0.6) is 0 Å². The monoisotopic (exact) mass is 494 g/mol. The number of rotatable bonds is 7. The highest BCUT2D eigenvalue weighted by Gasteiger charge is 2.13. The Labute approximate surface area is 216 Å². The molecular formula is C29H30N6O2. The SMILES string of the molecule is Cc1ccc(CN2CCOCC2)cc1NC(=O)c1ccc(Nc2ncc(C)c(-c3ccccn3)n2)cc1. The number of nitrogens with zero attached hydrogens (tertiary/aromatic N) is 4. The third-order valence-electron chi connectivity index (χ3n) is 6.34. The van der Waals surface area contributed by atoms with Gasteiger partial charge in [0.1, 0.15) is 0 Å². The van der Waals surface area contributed by atoms with Gasteiger partial charge in [-0.3, -0.25) is 14.7 Å². The average molecular weight is 495 g/mol. The number of nitrogens with one attached hydrogen (secondary N) is 2. The molecule has 0 unspecified atom stereocenters. The van der Waals surface area contributed by atoms with Gasteiger partial charge in [0.25, 0.3) is 5.91 Å². The molecule has 2 N–H and O–H groups in total. The number of carbonyl (C=O) groups excluding carboxylic acids is 1. The highest BCUT2D eigenvalue weighted by Crippen LogP contribution is 2.23. The van der Waals surface area contributed by atoms with E-state index < -0.39 is 0 Å². The van der Waals surface area contributed by atoms with E-state index in [-0.39, 0.29) is 5.91 Å². The van der Waals surface area contributed by atoms with Gasteiger partial charge < -0.3 is 15.4 Å². The Morgan fingerprint density at radius 2 is 1.78 bits per heavy atom. The molecule has 0 radical (unpaired) electrons. The fourth-order valence-electron chi connectivity index (χ4n) is 4.21. The number of anilines is 3. The second-order valence-electron chi connectivity index (χ2n) is 9.13. The largest absolute Gasteiger partial charge is 0.379 e. The molecule has 3 heterocycles. The van der Waals surface area contributed by atoms with Crippen molar-refractivity contribution in [3.05, 3.63) is 95.3 Å². The van der Waals surface area contributed by atoms with Crippen LogP contribution >= 0.6 is 0 Å². The van der Waals surface area contributed by atoms with Crippen molar-refractivity contribution in [1.29, 1.82) is 0 Å². The lowest BCUT2D eigenvalue weighted by Gasteiger charge is -2.26. The van der Waals surface area contributed by atoms with Crippen LogP contribution in [0.2, 0.25) is 0 Å². The molecule has 5 rings (SSSR count). The van der Waals surface area contributed by atoms with Crippen LogP contribution in [0.4, 0.5) is 17.3 Å². The lowest BCUT2D eigenvalue weighted by atomic mass is 10.1. The van der Waals surface area contributed by atoms with Crippen molar-refractivity contribution in [1.82, 2.24) is 19.9 Å². The van der Waals surface area contributed by atoms with Gasteiger partial charge in [0.15, 0.2) is 0 Å². The van der Waals surface area contributed by atoms with E-state index in [0.29, 0.717) is 11.5 Å². The zero-order valence-electron chi connectivity index (χ0n) is 21.1. The molecule has 0 atom stereocenters. The molecule has 1 fully saturated rings. The van der Waals surface area contributed by atoms with Gasteiger partial charge in [-0.25, -0.2) is 9.97 Å². The summed E-state index contributed by atoms with van der Waals surface area (Å²) in [6.07, 6.45) is 3.52. The van der Waals surface area contributed by atoms with Gasteiger partial charge in [-0.15, -0.1) is 0 Å². The fraction of sp³-hybridized carbons (Fsp3) is 0.241. The predicted molar refractivity (Wildman–Crippen MR) is 145 cm³/mol. The summed E-state index contributed by atoms with van der Waals surface area (Å²) in [7, 11) is 0. The molecule has 2 aromatic carbocycles. The lowest BCUT2D eigenvalue weighted by molar-refractivity contribution is 0.0342. The summed E-state index contributed by atoms with van der Waals surface area (Å²) in [4.78, 5) is 28.8. The van der Waals surface area contributed by atoms with Crippen LogP contribution in [-0.2, 0) is 11.3 Å². The van der Waals surface area contributed by atoms with Gasteiger partial charge >= 0.3 is 0 Å². The van der Waals surface area contributed by atoms with E-state index >= 15 is 0 Å². The Hall–Kier alpha value is -4.14. The summed E-state index contributed by atoms with van der Waals surface area (Å²) >= 11 is 0. The standard InChI is InChI=1S/C29H30N6O2/c1-20-6-7-22(19-35-13-15-37-16-14-35)17-26(20)33-28(36)23-8-10-24(11-9-23)32-29-31-18-21(2)27(34-29)25-5-3-4-12-30-25/h3-12,17-18H,13-16,19H2,1-2H3,(H,33,36)(H,31,32,34). The van der Waals surface area contributed by atoms with Crippen LogP contribution in [0.3, 0.4) is 0 Å². The first-order chi connectivity index (χ1) is 18.0. The van der Waals surface area contributed by atoms with E-state index in [1.165, 1.54) is 5.56 Å². The molecule has 0 spiro atoms. The number of aromatic nitrogens is 3. The van der Waals surface area contributed by atoms with E-state index in [1.54, 1.807) is 24.5 Å². The number of benzene rings is 2.